The van der Waals surface area contributed by atoms with Gasteiger partial charge in [-0.15, -0.1) is 5.10 Å². The van der Waals surface area contributed by atoms with Crippen molar-refractivity contribution in [1.82, 2.24) is 15.2 Å². The van der Waals surface area contributed by atoms with Gasteiger partial charge in [0.1, 0.15) is 0 Å². The molecule has 0 spiro atoms. The summed E-state index contributed by atoms with van der Waals surface area (Å²) in [6.45, 7) is 0. The van der Waals surface area contributed by atoms with Gasteiger partial charge in [0.2, 0.25) is 5.95 Å². The fourth-order valence-electron chi connectivity index (χ4n) is 1.93. The minimum absolute atomic E-state index is 0.122. The summed E-state index contributed by atoms with van der Waals surface area (Å²) in [6, 6.07) is 6.58. The Bertz CT molecular complexity index is 919. The fourth-order valence-corrected chi connectivity index (χ4v) is 2.46. The minimum Gasteiger partial charge on any atom is -0.339 e. The molecule has 0 bridgehead atoms. The molecule has 0 aliphatic rings. The van der Waals surface area contributed by atoms with Gasteiger partial charge in [-0.2, -0.15) is 10.1 Å². The van der Waals surface area contributed by atoms with Crippen LogP contribution >= 0.6 is 23.2 Å². The molecule has 0 aliphatic heterocycles. The molecule has 3 aromatic rings. The second-order valence-electron chi connectivity index (χ2n) is 4.80. The van der Waals surface area contributed by atoms with Crippen LogP contribution in [0.5, 0.6) is 0 Å². The van der Waals surface area contributed by atoms with Gasteiger partial charge >= 0.3 is 0 Å². The third-order valence-electron chi connectivity index (χ3n) is 2.98. The Morgan fingerprint density at radius 3 is 2.32 bits per heavy atom. The molecule has 128 valence electrons. The maximum atomic E-state index is 13.7. The van der Waals surface area contributed by atoms with E-state index in [1.807, 2.05) is 0 Å². The number of hydrogen-bond donors (Lipinski definition) is 2. The number of aromatic nitrogens is 3. The molecule has 1 heterocycles. The van der Waals surface area contributed by atoms with Crippen LogP contribution in [-0.4, -0.2) is 15.2 Å². The molecule has 0 saturated heterocycles. The molecule has 0 radical (unpaired) electrons. The zero-order valence-electron chi connectivity index (χ0n) is 12.2. The Morgan fingerprint density at radius 2 is 1.60 bits per heavy atom. The van der Waals surface area contributed by atoms with Crippen LogP contribution in [0, 0.1) is 17.5 Å². The van der Waals surface area contributed by atoms with Crippen molar-refractivity contribution in [2.75, 3.05) is 10.6 Å². The second kappa shape index (κ2) is 7.12. The molecule has 0 atom stereocenters. The summed E-state index contributed by atoms with van der Waals surface area (Å²) in [7, 11) is 0. The van der Waals surface area contributed by atoms with Gasteiger partial charge in [0.25, 0.3) is 0 Å². The molecular weight excluding hydrogens is 378 g/mol. The maximum absolute atomic E-state index is 13.7. The first-order valence-corrected chi connectivity index (χ1v) is 7.51. The molecule has 0 saturated carbocycles. The number of anilines is 4. The van der Waals surface area contributed by atoms with Crippen LogP contribution < -0.4 is 10.6 Å². The van der Waals surface area contributed by atoms with E-state index in [9.17, 15) is 13.2 Å². The van der Waals surface area contributed by atoms with E-state index in [0.717, 1.165) is 12.1 Å². The standard InChI is InChI=1S/C15H8Cl2F3N5/c16-7-3-8(17)5-9(4-7)22-12-6-21-25-15(24-12)23-11-2-1-10(18)13(19)14(11)20/h1-6H,(H2,22,23,24,25). The van der Waals surface area contributed by atoms with Gasteiger partial charge in [-0.1, -0.05) is 23.2 Å². The minimum atomic E-state index is -1.60. The van der Waals surface area contributed by atoms with Crippen molar-refractivity contribution in [3.05, 3.63) is 64.0 Å². The predicted octanol–water partition coefficient (Wildman–Crippen LogP) is 5.08. The van der Waals surface area contributed by atoms with Gasteiger partial charge < -0.3 is 10.6 Å². The second-order valence-corrected chi connectivity index (χ2v) is 5.67. The number of benzene rings is 2. The SMILES string of the molecule is Fc1ccc(Nc2nncc(Nc3cc(Cl)cc(Cl)c3)n2)c(F)c1F. The van der Waals surface area contributed by atoms with Gasteiger partial charge in [0.15, 0.2) is 23.3 Å². The Kier molecular flexibility index (Phi) is 4.91. The van der Waals surface area contributed by atoms with E-state index in [1.165, 1.54) is 6.20 Å². The molecule has 0 unspecified atom stereocenters. The summed E-state index contributed by atoms with van der Waals surface area (Å²) in [5, 5.41) is 13.5. The van der Waals surface area contributed by atoms with E-state index in [-0.39, 0.29) is 17.5 Å². The van der Waals surface area contributed by atoms with Gasteiger partial charge in [-0.25, -0.2) is 13.2 Å². The summed E-state index contributed by atoms with van der Waals surface area (Å²) in [5.41, 5.74) is 0.214. The highest BCUT2D eigenvalue weighted by Crippen LogP contribution is 2.25. The first-order chi connectivity index (χ1) is 11.9. The van der Waals surface area contributed by atoms with Crippen LogP contribution in [0.15, 0.2) is 36.5 Å². The van der Waals surface area contributed by atoms with Crippen LogP contribution in [0.25, 0.3) is 0 Å². The molecule has 0 fully saturated rings. The quantitative estimate of drug-likeness (QED) is 0.612. The molecule has 2 aromatic carbocycles. The number of nitrogens with zero attached hydrogens (tertiary/aromatic N) is 3. The van der Waals surface area contributed by atoms with Gasteiger partial charge in [0, 0.05) is 15.7 Å². The first-order valence-electron chi connectivity index (χ1n) is 6.76. The van der Waals surface area contributed by atoms with Crippen molar-refractivity contribution < 1.29 is 13.2 Å². The molecule has 2 N–H and O–H groups in total. The number of rotatable bonds is 4. The topological polar surface area (TPSA) is 62.7 Å². The smallest absolute Gasteiger partial charge is 0.249 e. The highest BCUT2D eigenvalue weighted by atomic mass is 35.5. The lowest BCUT2D eigenvalue weighted by Gasteiger charge is -2.09. The van der Waals surface area contributed by atoms with Crippen molar-refractivity contribution in [3.8, 4) is 0 Å². The Hall–Kier alpha value is -2.58. The highest BCUT2D eigenvalue weighted by Gasteiger charge is 2.14. The predicted molar refractivity (Wildman–Crippen MR) is 89.2 cm³/mol. The molecular formula is C15H8Cl2F3N5. The van der Waals surface area contributed by atoms with Crippen LogP contribution in [0.2, 0.25) is 10.0 Å². The molecule has 5 nitrogen and oxygen atoms in total. The van der Waals surface area contributed by atoms with E-state index < -0.39 is 17.5 Å². The van der Waals surface area contributed by atoms with E-state index in [4.69, 9.17) is 23.2 Å². The van der Waals surface area contributed by atoms with E-state index >= 15 is 0 Å². The Balaban J connectivity index is 1.83. The lowest BCUT2D eigenvalue weighted by molar-refractivity contribution is 0.449. The monoisotopic (exact) mass is 385 g/mol. The average Bonchev–Trinajstić information content (AvgIpc) is 2.55. The Morgan fingerprint density at radius 1 is 0.880 bits per heavy atom. The van der Waals surface area contributed by atoms with Crippen LogP contribution in [-0.2, 0) is 0 Å². The summed E-state index contributed by atoms with van der Waals surface area (Å²) in [5.74, 6) is -4.15. The molecule has 25 heavy (non-hydrogen) atoms. The summed E-state index contributed by atoms with van der Waals surface area (Å²) in [6.07, 6.45) is 1.31. The van der Waals surface area contributed by atoms with E-state index in [1.54, 1.807) is 18.2 Å². The number of halogens is 5. The fraction of sp³-hybridized carbons (Fsp3) is 0. The van der Waals surface area contributed by atoms with Crippen molar-refractivity contribution in [1.29, 1.82) is 0 Å². The molecule has 0 amide bonds. The zero-order valence-corrected chi connectivity index (χ0v) is 13.7. The van der Waals surface area contributed by atoms with Crippen molar-refractivity contribution in [2.24, 2.45) is 0 Å². The maximum Gasteiger partial charge on any atom is 0.249 e. The lowest BCUT2D eigenvalue weighted by atomic mass is 10.3. The zero-order chi connectivity index (χ0) is 18.0. The van der Waals surface area contributed by atoms with Gasteiger partial charge in [-0.05, 0) is 30.3 Å². The van der Waals surface area contributed by atoms with Crippen molar-refractivity contribution >= 4 is 46.3 Å². The van der Waals surface area contributed by atoms with Gasteiger partial charge in [-0.3, -0.25) is 0 Å². The van der Waals surface area contributed by atoms with Gasteiger partial charge in [0.05, 0.1) is 11.9 Å². The number of hydrogen-bond acceptors (Lipinski definition) is 5. The van der Waals surface area contributed by atoms with E-state index in [0.29, 0.717) is 15.7 Å². The average molecular weight is 386 g/mol. The molecule has 0 aliphatic carbocycles. The molecule has 3 rings (SSSR count). The lowest BCUT2D eigenvalue weighted by Crippen LogP contribution is -2.05. The first kappa shape index (κ1) is 17.2. The van der Waals surface area contributed by atoms with Crippen molar-refractivity contribution in [2.45, 2.75) is 0 Å². The van der Waals surface area contributed by atoms with Crippen LogP contribution in [0.1, 0.15) is 0 Å². The normalized spacial score (nSPS) is 10.6. The van der Waals surface area contributed by atoms with Crippen LogP contribution in [0.3, 0.4) is 0 Å². The summed E-state index contributed by atoms with van der Waals surface area (Å²) in [4.78, 5) is 4.05. The summed E-state index contributed by atoms with van der Waals surface area (Å²) < 4.78 is 39.9. The van der Waals surface area contributed by atoms with Crippen LogP contribution in [0.4, 0.5) is 36.3 Å². The number of nitrogens with one attached hydrogen (secondary N) is 2. The largest absolute Gasteiger partial charge is 0.339 e. The third-order valence-corrected chi connectivity index (χ3v) is 3.41. The molecule has 1 aromatic heterocycles. The molecule has 10 heteroatoms. The van der Waals surface area contributed by atoms with Crippen molar-refractivity contribution in [3.63, 3.8) is 0 Å². The third kappa shape index (κ3) is 4.09. The Labute approximate surface area is 149 Å². The summed E-state index contributed by atoms with van der Waals surface area (Å²) >= 11 is 11.8. The van der Waals surface area contributed by atoms with E-state index in [2.05, 4.69) is 25.8 Å². The highest BCUT2D eigenvalue weighted by molar-refractivity contribution is 6.35.